The van der Waals surface area contributed by atoms with Gasteiger partial charge in [-0.25, -0.2) is 0 Å². The minimum Gasteiger partial charge on any atom is -0.196 e. The summed E-state index contributed by atoms with van der Waals surface area (Å²) in [5, 5.41) is 8.14. The molecular formula is C7H5Cl2N. The van der Waals surface area contributed by atoms with Crippen LogP contribution in [-0.4, -0.2) is 10.3 Å². The fourth-order valence-corrected chi connectivity index (χ4v) is 1.04. The Morgan fingerprint density at radius 2 is 2.20 bits per heavy atom. The van der Waals surface area contributed by atoms with Gasteiger partial charge in [0.25, 0.3) is 0 Å². The number of hydrogen-bond donors (Lipinski definition) is 0. The molecule has 0 bridgehead atoms. The van der Waals surface area contributed by atoms with Crippen molar-refractivity contribution in [3.05, 3.63) is 24.3 Å². The Morgan fingerprint density at radius 1 is 1.50 bits per heavy atom. The molecule has 0 radical (unpaired) electrons. The summed E-state index contributed by atoms with van der Waals surface area (Å²) in [5.41, 5.74) is 0. The Morgan fingerprint density at radius 3 is 2.60 bits per heavy atom. The zero-order chi connectivity index (χ0) is 7.61. The average molecular weight is 174 g/mol. The minimum atomic E-state index is -1.05. The summed E-state index contributed by atoms with van der Waals surface area (Å²) in [5.74, 6) is 0. The van der Waals surface area contributed by atoms with Gasteiger partial charge < -0.3 is 0 Å². The SMILES string of the molecule is N#CC1(Cl)C=CC=CC1Cl. The van der Waals surface area contributed by atoms with Gasteiger partial charge in [-0.2, -0.15) is 5.26 Å². The van der Waals surface area contributed by atoms with Crippen molar-refractivity contribution in [2.24, 2.45) is 0 Å². The van der Waals surface area contributed by atoms with E-state index in [2.05, 4.69) is 0 Å². The Balaban J connectivity index is 2.91. The van der Waals surface area contributed by atoms with Crippen LogP contribution in [0.2, 0.25) is 0 Å². The van der Waals surface area contributed by atoms with Gasteiger partial charge in [-0.3, -0.25) is 0 Å². The van der Waals surface area contributed by atoms with Crippen molar-refractivity contribution in [2.75, 3.05) is 0 Å². The zero-order valence-corrected chi connectivity index (χ0v) is 6.60. The molecule has 0 spiro atoms. The molecule has 0 heterocycles. The molecule has 0 saturated carbocycles. The maximum absolute atomic E-state index is 8.57. The molecule has 0 saturated heterocycles. The van der Waals surface area contributed by atoms with E-state index in [-0.39, 0.29) is 0 Å². The highest BCUT2D eigenvalue weighted by Crippen LogP contribution is 2.28. The van der Waals surface area contributed by atoms with Crippen LogP contribution in [-0.2, 0) is 0 Å². The number of halogens is 2. The van der Waals surface area contributed by atoms with Crippen molar-refractivity contribution < 1.29 is 0 Å². The normalized spacial score (nSPS) is 37.5. The lowest BCUT2D eigenvalue weighted by Crippen LogP contribution is -2.28. The highest BCUT2D eigenvalue weighted by atomic mass is 35.5. The number of allylic oxidation sites excluding steroid dienone is 4. The van der Waals surface area contributed by atoms with Crippen LogP contribution in [0, 0.1) is 11.3 Å². The topological polar surface area (TPSA) is 23.8 Å². The first-order valence-corrected chi connectivity index (χ1v) is 3.61. The molecule has 1 nitrogen and oxygen atoms in total. The molecule has 0 aliphatic heterocycles. The van der Waals surface area contributed by atoms with Gasteiger partial charge in [0.2, 0.25) is 0 Å². The zero-order valence-electron chi connectivity index (χ0n) is 5.09. The van der Waals surface area contributed by atoms with Crippen molar-refractivity contribution in [3.8, 4) is 6.07 Å². The molecule has 0 aromatic heterocycles. The summed E-state index contributed by atoms with van der Waals surface area (Å²) in [6.45, 7) is 0. The standard InChI is InChI=1S/C7H5Cl2N/c8-6-3-1-2-4-7(6,9)5-10/h1-4,6H. The molecule has 3 heteroatoms. The molecule has 1 aliphatic rings. The van der Waals surface area contributed by atoms with E-state index in [4.69, 9.17) is 28.5 Å². The summed E-state index contributed by atoms with van der Waals surface area (Å²) < 4.78 is 0. The van der Waals surface area contributed by atoms with Gasteiger partial charge in [0.05, 0.1) is 11.4 Å². The number of alkyl halides is 2. The third-order valence-corrected chi connectivity index (χ3v) is 2.35. The summed E-state index contributed by atoms with van der Waals surface area (Å²) >= 11 is 11.5. The third kappa shape index (κ3) is 1.18. The molecule has 0 amide bonds. The van der Waals surface area contributed by atoms with Crippen LogP contribution in [0.3, 0.4) is 0 Å². The molecule has 0 N–H and O–H groups in total. The van der Waals surface area contributed by atoms with Gasteiger partial charge in [0.1, 0.15) is 0 Å². The molecule has 2 atom stereocenters. The summed E-state index contributed by atoms with van der Waals surface area (Å²) in [4.78, 5) is -1.05. The second kappa shape index (κ2) is 2.65. The maximum atomic E-state index is 8.57. The third-order valence-electron chi connectivity index (χ3n) is 1.30. The molecule has 1 rings (SSSR count). The van der Waals surface area contributed by atoms with Crippen molar-refractivity contribution in [2.45, 2.75) is 10.3 Å². The van der Waals surface area contributed by atoms with Crippen LogP contribution >= 0.6 is 23.2 Å². The van der Waals surface area contributed by atoms with Crippen LogP contribution in [0.4, 0.5) is 0 Å². The Kier molecular flexibility index (Phi) is 2.03. The molecule has 0 fully saturated rings. The van der Waals surface area contributed by atoms with Gasteiger partial charge in [-0.05, 0) is 6.08 Å². The molecule has 0 aromatic carbocycles. The molecular weight excluding hydrogens is 169 g/mol. The second-order valence-corrected chi connectivity index (χ2v) is 3.12. The highest BCUT2D eigenvalue weighted by Gasteiger charge is 2.32. The number of rotatable bonds is 0. The largest absolute Gasteiger partial charge is 0.196 e. The Hall–Kier alpha value is -0.450. The first kappa shape index (κ1) is 7.65. The van der Waals surface area contributed by atoms with E-state index in [1.807, 2.05) is 6.07 Å². The Labute approximate surface area is 69.5 Å². The highest BCUT2D eigenvalue weighted by molar-refractivity contribution is 6.36. The monoisotopic (exact) mass is 173 g/mol. The Bertz CT molecular complexity index is 226. The molecule has 0 aromatic rings. The lowest BCUT2D eigenvalue weighted by molar-refractivity contribution is 0.889. The van der Waals surface area contributed by atoms with Gasteiger partial charge in [0.15, 0.2) is 4.87 Å². The predicted molar refractivity (Wildman–Crippen MR) is 42.1 cm³/mol. The number of nitrogens with zero attached hydrogens (tertiary/aromatic N) is 1. The van der Waals surface area contributed by atoms with Gasteiger partial charge in [-0.1, -0.05) is 29.8 Å². The fraction of sp³-hybridized carbons (Fsp3) is 0.286. The van der Waals surface area contributed by atoms with Crippen LogP contribution in [0.1, 0.15) is 0 Å². The van der Waals surface area contributed by atoms with Crippen LogP contribution in [0.25, 0.3) is 0 Å². The molecule has 10 heavy (non-hydrogen) atoms. The van der Waals surface area contributed by atoms with Gasteiger partial charge in [-0.15, -0.1) is 11.6 Å². The van der Waals surface area contributed by atoms with Gasteiger partial charge in [0, 0.05) is 0 Å². The molecule has 1 aliphatic carbocycles. The van der Waals surface area contributed by atoms with E-state index in [1.165, 1.54) is 0 Å². The molecule has 2 unspecified atom stereocenters. The first-order chi connectivity index (χ1) is 4.69. The van der Waals surface area contributed by atoms with E-state index in [0.717, 1.165) is 0 Å². The number of hydrogen-bond acceptors (Lipinski definition) is 1. The lowest BCUT2D eigenvalue weighted by Gasteiger charge is -2.19. The van der Waals surface area contributed by atoms with Crippen molar-refractivity contribution in [1.82, 2.24) is 0 Å². The number of nitriles is 1. The van der Waals surface area contributed by atoms with E-state index < -0.39 is 10.3 Å². The summed E-state index contributed by atoms with van der Waals surface area (Å²) in [6, 6.07) is 1.93. The van der Waals surface area contributed by atoms with Crippen LogP contribution in [0.15, 0.2) is 24.3 Å². The minimum absolute atomic E-state index is 0.427. The van der Waals surface area contributed by atoms with Gasteiger partial charge >= 0.3 is 0 Å². The summed E-state index contributed by atoms with van der Waals surface area (Å²) in [7, 11) is 0. The van der Waals surface area contributed by atoms with Crippen molar-refractivity contribution in [1.29, 1.82) is 5.26 Å². The summed E-state index contributed by atoms with van der Waals surface area (Å²) in [6.07, 6.45) is 6.77. The maximum Gasteiger partial charge on any atom is 0.169 e. The fourth-order valence-electron chi connectivity index (χ4n) is 0.688. The van der Waals surface area contributed by atoms with Crippen molar-refractivity contribution in [3.63, 3.8) is 0 Å². The lowest BCUT2D eigenvalue weighted by atomic mass is 10.0. The second-order valence-electron chi connectivity index (χ2n) is 2.03. The smallest absolute Gasteiger partial charge is 0.169 e. The quantitative estimate of drug-likeness (QED) is 0.516. The van der Waals surface area contributed by atoms with E-state index in [0.29, 0.717) is 0 Å². The molecule has 52 valence electrons. The van der Waals surface area contributed by atoms with Crippen molar-refractivity contribution >= 4 is 23.2 Å². The van der Waals surface area contributed by atoms with E-state index in [9.17, 15) is 0 Å². The van der Waals surface area contributed by atoms with Crippen LogP contribution in [0.5, 0.6) is 0 Å². The van der Waals surface area contributed by atoms with E-state index >= 15 is 0 Å². The first-order valence-electron chi connectivity index (χ1n) is 2.79. The van der Waals surface area contributed by atoms with Crippen LogP contribution < -0.4 is 0 Å². The predicted octanol–water partition coefficient (Wildman–Crippen LogP) is 2.22. The van der Waals surface area contributed by atoms with E-state index in [1.54, 1.807) is 24.3 Å². The average Bonchev–Trinajstić information content (AvgIpc) is 1.96.